The maximum Gasteiger partial charge on any atom is 0.317 e. The lowest BCUT2D eigenvalue weighted by atomic mass is 10.1. The van der Waals surface area contributed by atoms with Crippen molar-refractivity contribution in [1.82, 2.24) is 14.5 Å². The summed E-state index contributed by atoms with van der Waals surface area (Å²) in [6, 6.07) is 14.5. The van der Waals surface area contributed by atoms with Gasteiger partial charge in [-0.2, -0.15) is 4.31 Å². The number of nitrogens with one attached hydrogen (secondary N) is 1. The molecule has 0 aromatic heterocycles. The highest BCUT2D eigenvalue weighted by atomic mass is 32.2. The number of sulfonamides is 1. The van der Waals surface area contributed by atoms with E-state index >= 15 is 0 Å². The normalized spacial score (nSPS) is 15.4. The van der Waals surface area contributed by atoms with E-state index < -0.39 is 10.0 Å². The van der Waals surface area contributed by atoms with Gasteiger partial charge in [-0.25, -0.2) is 17.6 Å². The zero-order valence-corrected chi connectivity index (χ0v) is 16.4. The smallest absolute Gasteiger partial charge is 0.317 e. The number of amides is 2. The van der Waals surface area contributed by atoms with Crippen LogP contribution in [0.5, 0.6) is 0 Å². The average molecular weight is 405 g/mol. The molecule has 0 atom stereocenters. The maximum atomic E-state index is 13.1. The molecule has 0 radical (unpaired) electrons. The lowest BCUT2D eigenvalue weighted by Crippen LogP contribution is -2.53. The van der Waals surface area contributed by atoms with Crippen molar-refractivity contribution in [1.29, 1.82) is 0 Å². The Balaban J connectivity index is 1.42. The van der Waals surface area contributed by atoms with Gasteiger partial charge in [0.1, 0.15) is 5.82 Å². The van der Waals surface area contributed by atoms with Gasteiger partial charge in [0.25, 0.3) is 0 Å². The maximum absolute atomic E-state index is 13.1. The van der Waals surface area contributed by atoms with Gasteiger partial charge in [-0.3, -0.25) is 0 Å². The molecule has 3 rings (SSSR count). The van der Waals surface area contributed by atoms with Gasteiger partial charge in [0, 0.05) is 32.7 Å². The van der Waals surface area contributed by atoms with E-state index in [9.17, 15) is 17.6 Å². The monoisotopic (exact) mass is 405 g/mol. The highest BCUT2D eigenvalue weighted by molar-refractivity contribution is 7.89. The molecule has 1 aliphatic rings. The predicted molar refractivity (Wildman–Crippen MR) is 105 cm³/mol. The molecule has 1 aliphatic heterocycles. The van der Waals surface area contributed by atoms with Gasteiger partial charge >= 0.3 is 6.03 Å². The Kier molecular flexibility index (Phi) is 6.64. The third kappa shape index (κ3) is 5.08. The zero-order valence-electron chi connectivity index (χ0n) is 15.6. The molecule has 0 spiro atoms. The number of carbonyl (C=O) groups is 1. The molecule has 0 saturated carbocycles. The number of aryl methyl sites for hydroxylation is 1. The minimum atomic E-state index is -3.52. The summed E-state index contributed by atoms with van der Waals surface area (Å²) in [5, 5.41) is 2.85. The number of carbonyl (C=O) groups excluding carboxylic acids is 1. The second-order valence-electron chi connectivity index (χ2n) is 6.67. The summed E-state index contributed by atoms with van der Waals surface area (Å²) in [4.78, 5) is 14.2. The predicted octanol–water partition coefficient (Wildman–Crippen LogP) is 2.47. The van der Waals surface area contributed by atoms with E-state index in [4.69, 9.17) is 0 Å². The fraction of sp³-hybridized carbons (Fsp3) is 0.350. The first-order valence-electron chi connectivity index (χ1n) is 9.29. The van der Waals surface area contributed by atoms with E-state index in [2.05, 4.69) is 5.32 Å². The number of benzene rings is 2. The van der Waals surface area contributed by atoms with Crippen LogP contribution in [0.2, 0.25) is 0 Å². The minimum Gasteiger partial charge on any atom is -0.338 e. The zero-order chi connectivity index (χ0) is 20.0. The van der Waals surface area contributed by atoms with Crippen LogP contribution in [0.3, 0.4) is 0 Å². The lowest BCUT2D eigenvalue weighted by Gasteiger charge is -2.34. The van der Waals surface area contributed by atoms with Crippen molar-refractivity contribution in [2.75, 3.05) is 32.7 Å². The van der Waals surface area contributed by atoms with Gasteiger partial charge < -0.3 is 10.2 Å². The molecule has 2 amide bonds. The summed E-state index contributed by atoms with van der Waals surface area (Å²) in [5.41, 5.74) is 0.897. The Bertz CT molecular complexity index is 898. The highest BCUT2D eigenvalue weighted by Crippen LogP contribution is 2.17. The van der Waals surface area contributed by atoms with Crippen molar-refractivity contribution in [3.63, 3.8) is 0 Å². The number of urea groups is 1. The first-order valence-corrected chi connectivity index (χ1v) is 10.7. The number of hydrogen-bond donors (Lipinski definition) is 1. The molecule has 1 N–H and O–H groups in total. The van der Waals surface area contributed by atoms with Crippen LogP contribution >= 0.6 is 0 Å². The minimum absolute atomic E-state index is 0.198. The fourth-order valence-corrected chi connectivity index (χ4v) is 4.61. The average Bonchev–Trinajstić information content (AvgIpc) is 2.72. The Hall–Kier alpha value is -2.45. The van der Waals surface area contributed by atoms with Crippen LogP contribution in [0.1, 0.15) is 12.0 Å². The summed E-state index contributed by atoms with van der Waals surface area (Å²) >= 11 is 0. The Morgan fingerprint density at radius 3 is 2.39 bits per heavy atom. The first-order chi connectivity index (χ1) is 13.5. The molecule has 1 heterocycles. The summed E-state index contributed by atoms with van der Waals surface area (Å²) in [6.07, 6.45) is 1.39. The van der Waals surface area contributed by atoms with E-state index in [0.717, 1.165) is 5.56 Å². The van der Waals surface area contributed by atoms with Crippen molar-refractivity contribution in [3.05, 3.63) is 66.0 Å². The van der Waals surface area contributed by atoms with Crippen LogP contribution in [0.15, 0.2) is 59.5 Å². The van der Waals surface area contributed by atoms with Gasteiger partial charge in [0.15, 0.2) is 0 Å². The van der Waals surface area contributed by atoms with Crippen LogP contribution in [0.25, 0.3) is 0 Å². The summed E-state index contributed by atoms with van der Waals surface area (Å²) in [7, 11) is -3.52. The van der Waals surface area contributed by atoms with Gasteiger partial charge in [-0.1, -0.05) is 30.3 Å². The molecule has 1 fully saturated rings. The Morgan fingerprint density at radius 1 is 1.00 bits per heavy atom. The quantitative estimate of drug-likeness (QED) is 0.751. The Labute approximate surface area is 165 Å². The van der Waals surface area contributed by atoms with E-state index in [-0.39, 0.29) is 29.8 Å². The molecular formula is C20H24FN3O3S. The number of piperazine rings is 1. The standard InChI is InChI=1S/C20H24FN3O3S/c21-18-8-4-6-17(16-18)7-5-11-22-20(25)23-12-14-24(15-13-23)28(26,27)19-9-2-1-3-10-19/h1-4,6,8-10,16H,5,7,11-15H2,(H,22,25). The molecule has 1 saturated heterocycles. The van der Waals surface area contributed by atoms with Gasteiger partial charge in [0.2, 0.25) is 10.0 Å². The topological polar surface area (TPSA) is 69.7 Å². The molecule has 6 nitrogen and oxygen atoms in total. The van der Waals surface area contributed by atoms with Crippen molar-refractivity contribution in [2.45, 2.75) is 17.7 Å². The third-order valence-corrected chi connectivity index (χ3v) is 6.63. The molecule has 2 aromatic rings. The van der Waals surface area contributed by atoms with Gasteiger partial charge in [-0.15, -0.1) is 0 Å². The van der Waals surface area contributed by atoms with E-state index in [1.165, 1.54) is 16.4 Å². The number of nitrogens with zero attached hydrogens (tertiary/aromatic N) is 2. The second kappa shape index (κ2) is 9.16. The molecule has 8 heteroatoms. The lowest BCUT2D eigenvalue weighted by molar-refractivity contribution is 0.172. The van der Waals surface area contributed by atoms with Crippen LogP contribution in [0, 0.1) is 5.82 Å². The highest BCUT2D eigenvalue weighted by Gasteiger charge is 2.29. The molecule has 150 valence electrons. The molecule has 0 aliphatic carbocycles. The fourth-order valence-electron chi connectivity index (χ4n) is 3.17. The molecule has 0 unspecified atom stereocenters. The third-order valence-electron chi connectivity index (χ3n) is 4.71. The summed E-state index contributed by atoms with van der Waals surface area (Å²) in [5.74, 6) is -0.259. The molecule has 28 heavy (non-hydrogen) atoms. The van der Waals surface area contributed by atoms with Crippen LogP contribution in [0.4, 0.5) is 9.18 Å². The molecule has 2 aromatic carbocycles. The van der Waals surface area contributed by atoms with E-state index in [0.29, 0.717) is 32.5 Å². The van der Waals surface area contributed by atoms with Gasteiger partial charge in [0.05, 0.1) is 4.90 Å². The number of hydrogen-bond acceptors (Lipinski definition) is 3. The van der Waals surface area contributed by atoms with E-state index in [1.807, 2.05) is 6.07 Å². The second-order valence-corrected chi connectivity index (χ2v) is 8.61. The number of halogens is 1. The van der Waals surface area contributed by atoms with Crippen LogP contribution < -0.4 is 5.32 Å². The van der Waals surface area contributed by atoms with Crippen molar-refractivity contribution < 1.29 is 17.6 Å². The summed E-state index contributed by atoms with van der Waals surface area (Å²) in [6.45, 7) is 1.73. The van der Waals surface area contributed by atoms with Crippen molar-refractivity contribution in [2.24, 2.45) is 0 Å². The SMILES string of the molecule is O=C(NCCCc1cccc(F)c1)N1CCN(S(=O)(=O)c2ccccc2)CC1. The molecule has 0 bridgehead atoms. The molecular weight excluding hydrogens is 381 g/mol. The van der Waals surface area contributed by atoms with Crippen molar-refractivity contribution >= 4 is 16.1 Å². The van der Waals surface area contributed by atoms with E-state index in [1.54, 1.807) is 41.3 Å². The van der Waals surface area contributed by atoms with Gasteiger partial charge in [-0.05, 0) is 42.7 Å². The largest absolute Gasteiger partial charge is 0.338 e. The van der Waals surface area contributed by atoms with Crippen LogP contribution in [-0.2, 0) is 16.4 Å². The summed E-state index contributed by atoms with van der Waals surface area (Å²) < 4.78 is 39.8. The van der Waals surface area contributed by atoms with Crippen LogP contribution in [-0.4, -0.2) is 56.4 Å². The first kappa shape index (κ1) is 20.3. The Morgan fingerprint density at radius 2 is 1.71 bits per heavy atom. The van der Waals surface area contributed by atoms with Crippen molar-refractivity contribution in [3.8, 4) is 0 Å². The number of rotatable bonds is 6.